The predicted octanol–water partition coefficient (Wildman–Crippen LogP) is 2.28. The summed E-state index contributed by atoms with van der Waals surface area (Å²) in [5, 5.41) is 3.29. The highest BCUT2D eigenvalue weighted by molar-refractivity contribution is 5.82. The Balaban J connectivity index is 1.89. The van der Waals surface area contributed by atoms with Gasteiger partial charge in [0.1, 0.15) is 0 Å². The number of nitrogens with one attached hydrogen (secondary N) is 1. The van der Waals surface area contributed by atoms with Gasteiger partial charge >= 0.3 is 5.97 Å². The number of aliphatic imine (C=N–C) groups is 1. The molecule has 7 heteroatoms. The van der Waals surface area contributed by atoms with Gasteiger partial charge in [0.05, 0.1) is 19.1 Å². The molecule has 1 atom stereocenters. The van der Waals surface area contributed by atoms with Crippen molar-refractivity contribution in [1.29, 1.82) is 0 Å². The summed E-state index contributed by atoms with van der Waals surface area (Å²) >= 11 is 0. The van der Waals surface area contributed by atoms with Crippen molar-refractivity contribution < 1.29 is 14.3 Å². The molecule has 0 spiro atoms. The summed E-state index contributed by atoms with van der Waals surface area (Å²) in [6.07, 6.45) is 2.12. The number of hydrogen-bond donors (Lipinski definition) is 1. The minimum Gasteiger partial charge on any atom is -0.466 e. The van der Waals surface area contributed by atoms with E-state index >= 15 is 0 Å². The minimum absolute atomic E-state index is 0.0662. The summed E-state index contributed by atoms with van der Waals surface area (Å²) in [6, 6.07) is 9.95. The van der Waals surface area contributed by atoms with Gasteiger partial charge in [-0.05, 0) is 32.3 Å². The second-order valence-electron chi connectivity index (χ2n) is 7.26. The molecule has 1 unspecified atom stereocenters. The monoisotopic (exact) mass is 402 g/mol. The molecule has 7 nitrogen and oxygen atoms in total. The molecule has 1 N–H and O–H groups in total. The van der Waals surface area contributed by atoms with E-state index in [2.05, 4.69) is 15.2 Å². The highest BCUT2D eigenvalue weighted by Gasteiger charge is 2.28. The Morgan fingerprint density at radius 2 is 2.03 bits per heavy atom. The number of ether oxygens (including phenoxy) is 1. The number of nitrogens with zero attached hydrogens (tertiary/aromatic N) is 3. The smallest absolute Gasteiger partial charge is 0.310 e. The second kappa shape index (κ2) is 12.1. The zero-order chi connectivity index (χ0) is 21.1. The number of amides is 1. The van der Waals surface area contributed by atoms with Gasteiger partial charge in [-0.2, -0.15) is 0 Å². The molecule has 29 heavy (non-hydrogen) atoms. The molecule has 0 bridgehead atoms. The van der Waals surface area contributed by atoms with Crippen LogP contribution in [0.1, 0.15) is 38.7 Å². The summed E-state index contributed by atoms with van der Waals surface area (Å²) in [4.78, 5) is 33.0. The lowest BCUT2D eigenvalue weighted by Crippen LogP contribution is -2.48. The summed E-state index contributed by atoms with van der Waals surface area (Å²) in [5.41, 5.74) is 1.11. The summed E-state index contributed by atoms with van der Waals surface area (Å²) in [6.45, 7) is 7.45. The number of piperidine rings is 1. The van der Waals surface area contributed by atoms with E-state index in [-0.39, 0.29) is 17.8 Å². The molecule has 160 valence electrons. The molecule has 0 aromatic heterocycles. The van der Waals surface area contributed by atoms with E-state index in [1.54, 1.807) is 4.90 Å². The fourth-order valence-electron chi connectivity index (χ4n) is 3.44. The lowest BCUT2D eigenvalue weighted by Gasteiger charge is -2.34. The Kier molecular flexibility index (Phi) is 9.47. The van der Waals surface area contributed by atoms with Crippen LogP contribution in [0.3, 0.4) is 0 Å². The maximum atomic E-state index is 12.4. The highest BCUT2D eigenvalue weighted by atomic mass is 16.5. The highest BCUT2D eigenvalue weighted by Crippen LogP contribution is 2.18. The van der Waals surface area contributed by atoms with E-state index in [1.807, 2.05) is 51.2 Å². The van der Waals surface area contributed by atoms with Crippen molar-refractivity contribution in [1.82, 2.24) is 15.1 Å². The van der Waals surface area contributed by atoms with Gasteiger partial charge in [0.25, 0.3) is 0 Å². The number of esters is 1. The normalized spacial score (nSPS) is 17.0. The molecule has 1 amide bonds. The van der Waals surface area contributed by atoms with Crippen LogP contribution >= 0.6 is 0 Å². The number of benzene rings is 1. The molecule has 1 aliphatic heterocycles. The Hall–Kier alpha value is -2.57. The van der Waals surface area contributed by atoms with Gasteiger partial charge < -0.3 is 19.9 Å². The molecule has 1 aromatic rings. The van der Waals surface area contributed by atoms with E-state index in [4.69, 9.17) is 4.74 Å². The minimum atomic E-state index is -0.134. The molecule has 1 fully saturated rings. The third-order valence-electron chi connectivity index (χ3n) is 4.95. The Labute approximate surface area is 174 Å². The van der Waals surface area contributed by atoms with Crippen molar-refractivity contribution in [2.45, 2.75) is 39.7 Å². The molecular formula is C22H34N4O3. The van der Waals surface area contributed by atoms with Gasteiger partial charge in [0.2, 0.25) is 5.91 Å². The Bertz CT molecular complexity index is 678. The van der Waals surface area contributed by atoms with E-state index in [9.17, 15) is 9.59 Å². The van der Waals surface area contributed by atoms with Gasteiger partial charge in [0.15, 0.2) is 5.96 Å². The van der Waals surface area contributed by atoms with Gasteiger partial charge in [-0.15, -0.1) is 0 Å². The average molecular weight is 403 g/mol. The lowest BCUT2D eigenvalue weighted by atomic mass is 9.98. The summed E-state index contributed by atoms with van der Waals surface area (Å²) in [7, 11) is 1.82. The molecular weight excluding hydrogens is 368 g/mol. The molecule has 1 heterocycles. The molecule has 1 saturated heterocycles. The van der Waals surface area contributed by atoms with E-state index in [1.165, 1.54) is 0 Å². The third kappa shape index (κ3) is 7.40. The van der Waals surface area contributed by atoms with E-state index in [0.29, 0.717) is 32.7 Å². The quantitative estimate of drug-likeness (QED) is 0.410. The van der Waals surface area contributed by atoms with Crippen LogP contribution in [0.4, 0.5) is 0 Å². The van der Waals surface area contributed by atoms with Crippen LogP contribution in [0.25, 0.3) is 0 Å². The van der Waals surface area contributed by atoms with Gasteiger partial charge in [-0.25, -0.2) is 0 Å². The van der Waals surface area contributed by atoms with Crippen LogP contribution in [0.15, 0.2) is 35.3 Å². The standard InChI is InChI=1S/C22H34N4O3/c1-4-23-22(26-15-9-12-19(17-26)21(28)29-5-2)24-14-13-20(27)25(3)16-18-10-7-6-8-11-18/h6-8,10-11,19H,4-5,9,12-17H2,1-3H3,(H,23,24). The van der Waals surface area contributed by atoms with E-state index in [0.717, 1.165) is 37.5 Å². The predicted molar refractivity (Wildman–Crippen MR) is 114 cm³/mol. The molecule has 1 aromatic carbocycles. The van der Waals surface area contributed by atoms with Crippen molar-refractivity contribution in [3.8, 4) is 0 Å². The van der Waals surface area contributed by atoms with E-state index < -0.39 is 0 Å². The van der Waals surface area contributed by atoms with Crippen molar-refractivity contribution in [2.75, 3.05) is 39.8 Å². The van der Waals surface area contributed by atoms with Gasteiger partial charge in [0, 0.05) is 39.6 Å². The van der Waals surface area contributed by atoms with Crippen molar-refractivity contribution in [2.24, 2.45) is 10.9 Å². The van der Waals surface area contributed by atoms with Crippen LogP contribution in [-0.4, -0.2) is 67.5 Å². The molecule has 2 rings (SSSR count). The SMILES string of the molecule is CCNC(=NCCC(=O)N(C)Cc1ccccc1)N1CCCC(C(=O)OCC)C1. The largest absolute Gasteiger partial charge is 0.466 e. The number of carbonyl (C=O) groups is 2. The van der Waals surface area contributed by atoms with Crippen molar-refractivity contribution in [3.05, 3.63) is 35.9 Å². The zero-order valence-electron chi connectivity index (χ0n) is 17.9. The number of carbonyl (C=O) groups excluding carboxylic acids is 2. The zero-order valence-corrected chi connectivity index (χ0v) is 17.9. The van der Waals surface area contributed by atoms with Crippen LogP contribution < -0.4 is 5.32 Å². The Morgan fingerprint density at radius 3 is 2.72 bits per heavy atom. The third-order valence-corrected chi connectivity index (χ3v) is 4.95. The fraction of sp³-hybridized carbons (Fsp3) is 0.591. The van der Waals surface area contributed by atoms with Gasteiger partial charge in [-0.3, -0.25) is 14.6 Å². The average Bonchev–Trinajstić information content (AvgIpc) is 2.74. The maximum absolute atomic E-state index is 12.4. The number of guanidine groups is 1. The first-order valence-corrected chi connectivity index (χ1v) is 10.5. The number of rotatable bonds is 8. The number of likely N-dealkylation sites (tertiary alicyclic amines) is 1. The molecule has 1 aliphatic rings. The van der Waals surface area contributed by atoms with Crippen LogP contribution in [0.5, 0.6) is 0 Å². The van der Waals surface area contributed by atoms with Crippen LogP contribution in [-0.2, 0) is 20.9 Å². The fourth-order valence-corrected chi connectivity index (χ4v) is 3.44. The molecule has 0 radical (unpaired) electrons. The van der Waals surface area contributed by atoms with Crippen molar-refractivity contribution >= 4 is 17.8 Å². The second-order valence-corrected chi connectivity index (χ2v) is 7.26. The van der Waals surface area contributed by atoms with Crippen molar-refractivity contribution in [3.63, 3.8) is 0 Å². The lowest BCUT2D eigenvalue weighted by molar-refractivity contribution is -0.149. The Morgan fingerprint density at radius 1 is 1.28 bits per heavy atom. The summed E-state index contributed by atoms with van der Waals surface area (Å²) in [5.74, 6) is 0.577. The molecule has 0 saturated carbocycles. The van der Waals surface area contributed by atoms with Gasteiger partial charge in [-0.1, -0.05) is 30.3 Å². The first-order valence-electron chi connectivity index (χ1n) is 10.5. The van der Waals surface area contributed by atoms with Crippen LogP contribution in [0, 0.1) is 5.92 Å². The first-order chi connectivity index (χ1) is 14.0. The van der Waals surface area contributed by atoms with Crippen LogP contribution in [0.2, 0.25) is 0 Å². The summed E-state index contributed by atoms with van der Waals surface area (Å²) < 4.78 is 5.18. The topological polar surface area (TPSA) is 74.2 Å². The number of hydrogen-bond acceptors (Lipinski definition) is 4. The molecule has 0 aliphatic carbocycles. The maximum Gasteiger partial charge on any atom is 0.310 e. The first kappa shape index (κ1) is 22.7.